The van der Waals surface area contributed by atoms with Gasteiger partial charge in [0.05, 0.1) is 24.4 Å². The monoisotopic (exact) mass is 374 g/mol. The number of amides is 1. The van der Waals surface area contributed by atoms with Gasteiger partial charge >= 0.3 is 0 Å². The predicted octanol–water partition coefficient (Wildman–Crippen LogP) is 4.02. The molecule has 144 valence electrons. The van der Waals surface area contributed by atoms with Gasteiger partial charge in [0.25, 0.3) is 0 Å². The zero-order valence-electron chi connectivity index (χ0n) is 16.4. The summed E-state index contributed by atoms with van der Waals surface area (Å²) in [4.78, 5) is 15.9. The van der Waals surface area contributed by atoms with E-state index in [4.69, 9.17) is 10.8 Å². The summed E-state index contributed by atoms with van der Waals surface area (Å²) in [5.41, 5.74) is 11.8. The summed E-state index contributed by atoms with van der Waals surface area (Å²) in [6, 6.07) is 12.4. The number of carbonyl (C=O) groups excluding carboxylic acids is 1. The van der Waals surface area contributed by atoms with Gasteiger partial charge in [-0.2, -0.15) is 5.10 Å². The van der Waals surface area contributed by atoms with Crippen LogP contribution < -0.4 is 5.73 Å². The number of hydrogen-bond donors (Lipinski definition) is 1. The molecule has 1 fully saturated rings. The number of benzene rings is 1. The van der Waals surface area contributed by atoms with E-state index in [2.05, 4.69) is 37.0 Å². The molecule has 0 bridgehead atoms. The molecule has 1 aliphatic carbocycles. The lowest BCUT2D eigenvalue weighted by atomic mass is 9.93. The molecule has 0 aliphatic heterocycles. The van der Waals surface area contributed by atoms with Crippen LogP contribution in [0.15, 0.2) is 48.8 Å². The van der Waals surface area contributed by atoms with Crippen LogP contribution in [0.4, 0.5) is 0 Å². The van der Waals surface area contributed by atoms with Gasteiger partial charge in [0.15, 0.2) is 0 Å². The smallest absolute Gasteiger partial charge is 0.221 e. The van der Waals surface area contributed by atoms with Crippen LogP contribution in [0.5, 0.6) is 0 Å². The molecule has 3 aromatic rings. The number of nitrogens with two attached hydrogens (primary N) is 1. The number of aromatic nitrogens is 3. The molecule has 0 unspecified atom stereocenters. The van der Waals surface area contributed by atoms with Crippen molar-refractivity contribution in [2.24, 2.45) is 5.73 Å². The van der Waals surface area contributed by atoms with E-state index in [0.717, 1.165) is 28.4 Å². The van der Waals surface area contributed by atoms with Gasteiger partial charge in [0, 0.05) is 18.0 Å². The minimum Gasteiger partial charge on any atom is -0.369 e. The number of rotatable bonds is 7. The van der Waals surface area contributed by atoms with Crippen molar-refractivity contribution < 1.29 is 4.79 Å². The molecule has 28 heavy (non-hydrogen) atoms. The Morgan fingerprint density at radius 3 is 2.68 bits per heavy atom. The van der Waals surface area contributed by atoms with E-state index in [1.807, 2.05) is 35.3 Å². The zero-order valence-corrected chi connectivity index (χ0v) is 16.4. The van der Waals surface area contributed by atoms with E-state index in [0.29, 0.717) is 12.5 Å². The first-order valence-electron chi connectivity index (χ1n) is 9.89. The summed E-state index contributed by atoms with van der Waals surface area (Å²) < 4.78 is 1.92. The van der Waals surface area contributed by atoms with Crippen LogP contribution in [0.2, 0.25) is 0 Å². The highest BCUT2D eigenvalue weighted by Gasteiger charge is 2.23. The minimum absolute atomic E-state index is 0.239. The van der Waals surface area contributed by atoms with Gasteiger partial charge in [-0.25, -0.2) is 0 Å². The van der Waals surface area contributed by atoms with Gasteiger partial charge in [-0.3, -0.25) is 14.5 Å². The Labute approximate surface area is 165 Å². The second kappa shape index (κ2) is 7.58. The van der Waals surface area contributed by atoms with Gasteiger partial charge < -0.3 is 5.73 Å². The molecule has 0 saturated heterocycles. The van der Waals surface area contributed by atoms with Crippen molar-refractivity contribution in [3.8, 4) is 11.3 Å². The van der Waals surface area contributed by atoms with Gasteiger partial charge in [0.2, 0.25) is 5.91 Å². The van der Waals surface area contributed by atoms with Crippen molar-refractivity contribution in [1.29, 1.82) is 0 Å². The molecule has 5 heteroatoms. The molecule has 0 radical (unpaired) electrons. The molecule has 1 amide bonds. The number of primary amides is 1. The molecular formula is C23H26N4O. The average Bonchev–Trinajstić information content (AvgIpc) is 3.41. The van der Waals surface area contributed by atoms with Crippen molar-refractivity contribution in [2.45, 2.75) is 51.5 Å². The van der Waals surface area contributed by atoms with Crippen LogP contribution in [0.1, 0.15) is 60.9 Å². The highest BCUT2D eigenvalue weighted by atomic mass is 16.1. The van der Waals surface area contributed by atoms with Gasteiger partial charge in [-0.15, -0.1) is 0 Å². The Hall–Kier alpha value is -2.95. The number of carbonyl (C=O) groups is 1. The third-order valence-electron chi connectivity index (χ3n) is 5.26. The number of nitrogens with zero attached hydrogens (tertiary/aromatic N) is 3. The number of hydrogen-bond acceptors (Lipinski definition) is 3. The second-order valence-electron chi connectivity index (χ2n) is 7.98. The molecule has 1 aromatic carbocycles. The van der Waals surface area contributed by atoms with Crippen LogP contribution in [-0.4, -0.2) is 20.7 Å². The fraction of sp³-hybridized carbons (Fsp3) is 0.348. The van der Waals surface area contributed by atoms with E-state index in [1.165, 1.54) is 24.0 Å². The topological polar surface area (TPSA) is 73.8 Å². The van der Waals surface area contributed by atoms with Gasteiger partial charge in [-0.1, -0.05) is 32.0 Å². The maximum atomic E-state index is 11.3. The third-order valence-corrected chi connectivity index (χ3v) is 5.26. The van der Waals surface area contributed by atoms with Crippen molar-refractivity contribution >= 4 is 5.91 Å². The summed E-state index contributed by atoms with van der Waals surface area (Å²) in [5, 5.41) is 4.77. The van der Waals surface area contributed by atoms with E-state index in [-0.39, 0.29) is 12.3 Å². The zero-order chi connectivity index (χ0) is 19.7. The summed E-state index contributed by atoms with van der Waals surface area (Å²) in [5.74, 6) is 0.758. The summed E-state index contributed by atoms with van der Waals surface area (Å²) >= 11 is 0. The van der Waals surface area contributed by atoms with Gasteiger partial charge in [0.1, 0.15) is 0 Å². The van der Waals surface area contributed by atoms with Crippen molar-refractivity contribution in [2.75, 3.05) is 0 Å². The minimum atomic E-state index is -0.325. The van der Waals surface area contributed by atoms with Crippen molar-refractivity contribution in [3.63, 3.8) is 0 Å². The fourth-order valence-corrected chi connectivity index (χ4v) is 3.59. The fourth-order valence-electron chi connectivity index (χ4n) is 3.59. The van der Waals surface area contributed by atoms with Crippen LogP contribution in [0.3, 0.4) is 0 Å². The Kier molecular flexibility index (Phi) is 4.99. The first kappa shape index (κ1) is 18.4. The average molecular weight is 374 g/mol. The molecule has 4 rings (SSSR count). The van der Waals surface area contributed by atoms with Crippen molar-refractivity contribution in [3.05, 3.63) is 71.2 Å². The molecule has 0 spiro atoms. The molecule has 2 heterocycles. The largest absolute Gasteiger partial charge is 0.369 e. The summed E-state index contributed by atoms with van der Waals surface area (Å²) in [6.07, 6.45) is 6.80. The summed E-state index contributed by atoms with van der Waals surface area (Å²) in [7, 11) is 0. The van der Waals surface area contributed by atoms with Crippen molar-refractivity contribution in [1.82, 2.24) is 14.8 Å². The Balaban J connectivity index is 1.58. The first-order chi connectivity index (χ1) is 13.5. The van der Waals surface area contributed by atoms with Crippen LogP contribution in [-0.2, 0) is 17.8 Å². The quantitative estimate of drug-likeness (QED) is 0.679. The maximum Gasteiger partial charge on any atom is 0.221 e. The lowest BCUT2D eigenvalue weighted by Gasteiger charge is -2.13. The second-order valence-corrected chi connectivity index (χ2v) is 7.98. The maximum absolute atomic E-state index is 11.3. The normalized spacial score (nSPS) is 13.8. The Bertz CT molecular complexity index is 984. The van der Waals surface area contributed by atoms with E-state index >= 15 is 0 Å². The van der Waals surface area contributed by atoms with E-state index in [1.54, 1.807) is 0 Å². The molecule has 5 nitrogen and oxygen atoms in total. The first-order valence-corrected chi connectivity index (χ1v) is 9.89. The van der Waals surface area contributed by atoms with Crippen LogP contribution in [0, 0.1) is 0 Å². The van der Waals surface area contributed by atoms with Gasteiger partial charge in [-0.05, 0) is 59.6 Å². The van der Waals surface area contributed by atoms with E-state index in [9.17, 15) is 4.79 Å². The molecule has 2 N–H and O–H groups in total. The SMILES string of the molecule is CC(C)c1ccc(CC(N)=O)cc1-c1ccn(Cc2ccc(C3CC3)cn2)n1. The molecule has 2 aromatic heterocycles. The van der Waals surface area contributed by atoms with Crippen LogP contribution >= 0.6 is 0 Å². The van der Waals surface area contributed by atoms with Crippen LogP contribution in [0.25, 0.3) is 11.3 Å². The predicted molar refractivity (Wildman–Crippen MR) is 110 cm³/mol. The lowest BCUT2D eigenvalue weighted by molar-refractivity contribution is -0.117. The third kappa shape index (κ3) is 4.14. The molecule has 1 saturated carbocycles. The lowest BCUT2D eigenvalue weighted by Crippen LogP contribution is -2.13. The van der Waals surface area contributed by atoms with E-state index < -0.39 is 0 Å². The standard InChI is InChI=1S/C23H26N4O/c1-15(2)20-8-3-16(12-23(24)28)11-21(20)22-9-10-27(26-22)14-19-7-6-18(13-25-19)17-4-5-17/h3,6-11,13,15,17H,4-5,12,14H2,1-2H3,(H2,24,28). The number of pyridine rings is 1. The highest BCUT2D eigenvalue weighted by Crippen LogP contribution is 2.39. The summed E-state index contributed by atoms with van der Waals surface area (Å²) in [6.45, 7) is 4.97. The molecular weight excluding hydrogens is 348 g/mol. The Morgan fingerprint density at radius 1 is 1.21 bits per heavy atom. The molecule has 0 atom stereocenters. The molecule has 1 aliphatic rings. The highest BCUT2D eigenvalue weighted by molar-refractivity contribution is 5.77. The Morgan fingerprint density at radius 2 is 2.04 bits per heavy atom.